The fourth-order valence-electron chi connectivity index (χ4n) is 3.36. The van der Waals surface area contributed by atoms with Gasteiger partial charge in [-0.1, -0.05) is 58.4 Å². The Morgan fingerprint density at radius 1 is 0.971 bits per heavy atom. The van der Waals surface area contributed by atoms with E-state index in [1.807, 2.05) is 31.2 Å². The number of ether oxygens (including phenoxy) is 2. The highest BCUT2D eigenvalue weighted by atomic mass is 79.9. The van der Waals surface area contributed by atoms with E-state index in [0.29, 0.717) is 34.1 Å². The van der Waals surface area contributed by atoms with E-state index in [4.69, 9.17) is 9.47 Å². The predicted octanol–water partition coefficient (Wildman–Crippen LogP) is 6.80. The van der Waals surface area contributed by atoms with Crippen molar-refractivity contribution in [2.24, 2.45) is 0 Å². The van der Waals surface area contributed by atoms with Crippen LogP contribution in [0.1, 0.15) is 23.6 Å². The number of hydrogen-bond donors (Lipinski definition) is 0. The lowest BCUT2D eigenvalue weighted by atomic mass is 10.1. The van der Waals surface area contributed by atoms with Crippen LogP contribution in [0.15, 0.2) is 76.1 Å². The lowest BCUT2D eigenvalue weighted by molar-refractivity contribution is -0.123. The minimum atomic E-state index is -0.344. The molecule has 0 aromatic heterocycles. The van der Waals surface area contributed by atoms with Crippen LogP contribution in [0.2, 0.25) is 0 Å². The van der Waals surface area contributed by atoms with E-state index in [2.05, 4.69) is 15.9 Å². The Balaban J connectivity index is 1.52. The molecule has 3 aromatic rings. The van der Waals surface area contributed by atoms with Crippen molar-refractivity contribution in [1.82, 2.24) is 4.90 Å². The first-order valence-electron chi connectivity index (χ1n) is 10.6. The molecule has 0 N–H and O–H groups in total. The van der Waals surface area contributed by atoms with Crippen LogP contribution >= 0.6 is 27.7 Å². The summed E-state index contributed by atoms with van der Waals surface area (Å²) in [5.41, 5.74) is 1.97. The molecule has 2 amide bonds. The standard InChI is InChI=1S/C26H21BrFNO4S/c1-2-32-23-13-17(11-12-22(23)33-16-19-8-4-6-10-21(19)28)14-24-25(30)29(26(31)34-24)15-18-7-3-5-9-20(18)27/h3-14H,2,15-16H2,1H3/b24-14-. The largest absolute Gasteiger partial charge is 0.490 e. The van der Waals surface area contributed by atoms with Crippen LogP contribution in [0, 0.1) is 5.82 Å². The maximum atomic E-state index is 13.9. The van der Waals surface area contributed by atoms with Crippen LogP contribution in [0.25, 0.3) is 6.08 Å². The average molecular weight is 542 g/mol. The first-order valence-corrected chi connectivity index (χ1v) is 12.2. The molecule has 4 rings (SSSR count). The highest BCUT2D eigenvalue weighted by Gasteiger charge is 2.35. The average Bonchev–Trinajstić information content (AvgIpc) is 3.08. The number of rotatable bonds is 8. The quantitative estimate of drug-likeness (QED) is 0.293. The van der Waals surface area contributed by atoms with Gasteiger partial charge in [0.25, 0.3) is 11.1 Å². The maximum absolute atomic E-state index is 13.9. The van der Waals surface area contributed by atoms with E-state index in [9.17, 15) is 14.0 Å². The molecule has 1 fully saturated rings. The summed E-state index contributed by atoms with van der Waals surface area (Å²) in [7, 11) is 0. The molecule has 1 saturated heterocycles. The van der Waals surface area contributed by atoms with Gasteiger partial charge in [-0.25, -0.2) is 4.39 Å². The van der Waals surface area contributed by atoms with Crippen molar-refractivity contribution in [3.63, 3.8) is 0 Å². The van der Waals surface area contributed by atoms with Crippen LogP contribution in [0.3, 0.4) is 0 Å². The molecule has 34 heavy (non-hydrogen) atoms. The van der Waals surface area contributed by atoms with Gasteiger partial charge in [-0.05, 0) is 60.2 Å². The monoisotopic (exact) mass is 541 g/mol. The zero-order valence-corrected chi connectivity index (χ0v) is 20.7. The summed E-state index contributed by atoms with van der Waals surface area (Å²) in [4.78, 5) is 27.0. The van der Waals surface area contributed by atoms with Gasteiger partial charge in [0, 0.05) is 10.0 Å². The molecular formula is C26H21BrFNO4S. The second kappa shape index (κ2) is 10.9. The van der Waals surface area contributed by atoms with Crippen LogP contribution in [-0.2, 0) is 17.9 Å². The fraction of sp³-hybridized carbons (Fsp3) is 0.154. The smallest absolute Gasteiger partial charge is 0.293 e. The Morgan fingerprint density at radius 2 is 1.71 bits per heavy atom. The highest BCUT2D eigenvalue weighted by molar-refractivity contribution is 9.10. The lowest BCUT2D eigenvalue weighted by Crippen LogP contribution is -2.27. The Morgan fingerprint density at radius 3 is 2.44 bits per heavy atom. The molecule has 0 aliphatic carbocycles. The van der Waals surface area contributed by atoms with E-state index in [0.717, 1.165) is 21.8 Å². The number of halogens is 2. The molecule has 8 heteroatoms. The molecule has 0 radical (unpaired) electrons. The van der Waals surface area contributed by atoms with Gasteiger partial charge in [0.15, 0.2) is 11.5 Å². The first-order chi connectivity index (χ1) is 16.5. The molecule has 1 heterocycles. The van der Waals surface area contributed by atoms with Gasteiger partial charge in [0.2, 0.25) is 0 Å². The molecule has 3 aromatic carbocycles. The number of amides is 2. The SMILES string of the molecule is CCOc1cc(/C=C2\SC(=O)N(Cc3ccccc3Br)C2=O)ccc1OCc1ccccc1F. The lowest BCUT2D eigenvalue weighted by Gasteiger charge is -2.14. The van der Waals surface area contributed by atoms with Crippen molar-refractivity contribution in [3.8, 4) is 11.5 Å². The van der Waals surface area contributed by atoms with Gasteiger partial charge < -0.3 is 9.47 Å². The summed E-state index contributed by atoms with van der Waals surface area (Å²) < 4.78 is 26.2. The normalized spacial score (nSPS) is 14.7. The summed E-state index contributed by atoms with van der Waals surface area (Å²) in [5, 5.41) is -0.318. The highest BCUT2D eigenvalue weighted by Crippen LogP contribution is 2.36. The minimum absolute atomic E-state index is 0.0556. The molecule has 5 nitrogen and oxygen atoms in total. The van der Waals surface area contributed by atoms with Gasteiger partial charge in [-0.2, -0.15) is 0 Å². The topological polar surface area (TPSA) is 55.8 Å². The van der Waals surface area contributed by atoms with Crippen LogP contribution in [0.4, 0.5) is 9.18 Å². The molecule has 0 spiro atoms. The Bertz CT molecular complexity index is 1260. The summed E-state index contributed by atoms with van der Waals surface area (Å²) in [6.07, 6.45) is 1.66. The first kappa shape index (κ1) is 24.0. The van der Waals surface area contributed by atoms with Crippen molar-refractivity contribution in [2.75, 3.05) is 6.61 Å². The number of benzene rings is 3. The van der Waals surface area contributed by atoms with Crippen molar-refractivity contribution in [2.45, 2.75) is 20.1 Å². The molecule has 0 unspecified atom stereocenters. The Labute approximate surface area is 209 Å². The summed E-state index contributed by atoms with van der Waals surface area (Å²) >= 11 is 4.36. The Kier molecular flexibility index (Phi) is 7.70. The van der Waals surface area contributed by atoms with Crippen LogP contribution < -0.4 is 9.47 Å². The third-order valence-electron chi connectivity index (χ3n) is 5.07. The van der Waals surface area contributed by atoms with E-state index < -0.39 is 0 Å². The number of carbonyl (C=O) groups excluding carboxylic acids is 2. The molecule has 174 valence electrons. The number of hydrogen-bond acceptors (Lipinski definition) is 5. The van der Waals surface area contributed by atoms with E-state index in [1.165, 1.54) is 11.0 Å². The van der Waals surface area contributed by atoms with Crippen molar-refractivity contribution in [3.05, 3.63) is 98.6 Å². The van der Waals surface area contributed by atoms with Gasteiger partial charge >= 0.3 is 0 Å². The second-order valence-electron chi connectivity index (χ2n) is 7.38. The molecule has 1 aliphatic rings. The van der Waals surface area contributed by atoms with E-state index in [1.54, 1.807) is 42.5 Å². The number of imide groups is 1. The van der Waals surface area contributed by atoms with Gasteiger partial charge in [-0.3, -0.25) is 14.5 Å². The molecule has 0 bridgehead atoms. The predicted molar refractivity (Wildman–Crippen MR) is 134 cm³/mol. The summed E-state index contributed by atoms with van der Waals surface area (Å²) in [6.45, 7) is 2.50. The van der Waals surface area contributed by atoms with Crippen molar-refractivity contribution >= 4 is 44.9 Å². The minimum Gasteiger partial charge on any atom is -0.490 e. The van der Waals surface area contributed by atoms with Crippen LogP contribution in [0.5, 0.6) is 11.5 Å². The number of carbonyl (C=O) groups is 2. The van der Waals surface area contributed by atoms with E-state index >= 15 is 0 Å². The zero-order chi connectivity index (χ0) is 24.1. The third kappa shape index (κ3) is 5.51. The van der Waals surface area contributed by atoms with Gasteiger partial charge in [0.05, 0.1) is 18.1 Å². The van der Waals surface area contributed by atoms with Crippen LogP contribution in [-0.4, -0.2) is 22.7 Å². The molecule has 0 atom stereocenters. The Hall–Kier alpha value is -3.10. The molecular weight excluding hydrogens is 521 g/mol. The van der Waals surface area contributed by atoms with Crippen molar-refractivity contribution < 1.29 is 23.5 Å². The van der Waals surface area contributed by atoms with Crippen molar-refractivity contribution in [1.29, 1.82) is 0 Å². The molecule has 1 aliphatic heterocycles. The summed E-state index contributed by atoms with van der Waals surface area (Å²) in [6, 6.07) is 19.1. The maximum Gasteiger partial charge on any atom is 0.293 e. The number of thioether (sulfide) groups is 1. The third-order valence-corrected chi connectivity index (χ3v) is 6.75. The molecule has 0 saturated carbocycles. The van der Waals surface area contributed by atoms with Gasteiger partial charge in [-0.15, -0.1) is 0 Å². The fourth-order valence-corrected chi connectivity index (χ4v) is 4.61. The van der Waals surface area contributed by atoms with Gasteiger partial charge in [0.1, 0.15) is 12.4 Å². The number of nitrogens with zero attached hydrogens (tertiary/aromatic N) is 1. The second-order valence-corrected chi connectivity index (χ2v) is 9.23. The van der Waals surface area contributed by atoms with E-state index in [-0.39, 0.29) is 30.1 Å². The zero-order valence-electron chi connectivity index (χ0n) is 18.3. The summed E-state index contributed by atoms with van der Waals surface area (Å²) in [5.74, 6) is 0.253.